The topological polar surface area (TPSA) is 107 Å². The van der Waals surface area contributed by atoms with Gasteiger partial charge in [0.15, 0.2) is 12.4 Å². The van der Waals surface area contributed by atoms with Gasteiger partial charge in [-0.2, -0.15) is 0 Å². The number of ketones is 1. The molecule has 0 fully saturated rings. The van der Waals surface area contributed by atoms with E-state index in [1.54, 1.807) is 26.0 Å². The first-order chi connectivity index (χ1) is 17.8. The Kier molecular flexibility index (Phi) is 7.82. The Morgan fingerprint density at radius 1 is 0.784 bits per heavy atom. The van der Waals surface area contributed by atoms with E-state index < -0.39 is 49.1 Å². The fraction of sp³-hybridized carbons (Fsp3) is 0.267. The molecule has 1 N–H and O–H groups in total. The quantitative estimate of drug-likeness (QED) is 0.396. The van der Waals surface area contributed by atoms with Gasteiger partial charge in [-0.25, -0.2) is 4.79 Å². The monoisotopic (exact) mass is 500 g/mol. The molecule has 0 radical (unpaired) electrons. The molecule has 1 aliphatic carbocycles. The molecule has 1 aliphatic rings. The number of hydrogen-bond acceptors (Lipinski definition) is 6. The Morgan fingerprint density at radius 3 is 1.92 bits per heavy atom. The van der Waals surface area contributed by atoms with E-state index in [9.17, 15) is 24.3 Å². The Balaban J connectivity index is 1.38. The number of ether oxygens (including phenoxy) is 2. The maximum atomic E-state index is 12.8. The molecule has 37 heavy (non-hydrogen) atoms. The van der Waals surface area contributed by atoms with E-state index in [2.05, 4.69) is 0 Å². The summed E-state index contributed by atoms with van der Waals surface area (Å²) >= 11 is 0. The standard InChI is InChI=1S/C30H28O7/c1-18-8-7-9-19(2)29(18)30(35)37-17-26(31)20(14-27(32)33)15-28(34)36-16-25-23-12-5-3-10-21(23)22-11-4-6-13-24(22)25/h3-13,20,25H,14-17H2,1-2H3,(H,32,33)/t20-/m1/s1. The molecule has 0 heterocycles. The van der Waals surface area contributed by atoms with Crippen LogP contribution in [0.1, 0.15) is 51.4 Å². The zero-order chi connectivity index (χ0) is 26.5. The highest BCUT2D eigenvalue weighted by atomic mass is 16.5. The molecule has 1 atom stereocenters. The molecule has 0 aromatic heterocycles. The van der Waals surface area contributed by atoms with E-state index in [1.165, 1.54) is 0 Å². The smallest absolute Gasteiger partial charge is 0.339 e. The molecule has 0 unspecified atom stereocenters. The second-order valence-corrected chi connectivity index (χ2v) is 9.22. The van der Waals surface area contributed by atoms with Crippen LogP contribution in [-0.2, 0) is 23.9 Å². The zero-order valence-corrected chi connectivity index (χ0v) is 20.7. The van der Waals surface area contributed by atoms with Gasteiger partial charge in [-0.15, -0.1) is 0 Å². The van der Waals surface area contributed by atoms with Gasteiger partial charge in [-0.1, -0.05) is 66.7 Å². The minimum Gasteiger partial charge on any atom is -0.481 e. The van der Waals surface area contributed by atoms with Crippen LogP contribution in [-0.4, -0.2) is 42.0 Å². The predicted octanol–water partition coefficient (Wildman–Crippen LogP) is 4.87. The Bertz CT molecular complexity index is 1290. The number of carbonyl (C=O) groups is 4. The van der Waals surface area contributed by atoms with Crippen molar-refractivity contribution in [2.75, 3.05) is 13.2 Å². The Labute approximate surface area is 215 Å². The number of rotatable bonds is 10. The number of esters is 2. The summed E-state index contributed by atoms with van der Waals surface area (Å²) in [4.78, 5) is 49.4. The van der Waals surface area contributed by atoms with Gasteiger partial charge in [0.2, 0.25) is 0 Å². The molecule has 7 heteroatoms. The highest BCUT2D eigenvalue weighted by Gasteiger charge is 2.31. The van der Waals surface area contributed by atoms with Crippen molar-refractivity contribution in [3.63, 3.8) is 0 Å². The molecule has 4 rings (SSSR count). The molecule has 0 bridgehead atoms. The number of carboxylic acid groups (broad SMARTS) is 1. The first kappa shape index (κ1) is 25.8. The second kappa shape index (κ2) is 11.2. The summed E-state index contributed by atoms with van der Waals surface area (Å²) in [7, 11) is 0. The van der Waals surface area contributed by atoms with Crippen LogP contribution in [0.2, 0.25) is 0 Å². The Morgan fingerprint density at radius 2 is 1.35 bits per heavy atom. The molecule has 190 valence electrons. The molecule has 7 nitrogen and oxygen atoms in total. The Hall–Kier alpha value is -4.26. The number of Topliss-reactive ketones (excluding diaryl/α,β-unsaturated/α-hetero) is 1. The van der Waals surface area contributed by atoms with Crippen LogP contribution in [0.3, 0.4) is 0 Å². The van der Waals surface area contributed by atoms with Crippen LogP contribution >= 0.6 is 0 Å². The van der Waals surface area contributed by atoms with Crippen molar-refractivity contribution < 1.29 is 33.8 Å². The number of aliphatic carboxylic acids is 1. The maximum Gasteiger partial charge on any atom is 0.339 e. The number of carbonyl (C=O) groups excluding carboxylic acids is 3. The maximum absolute atomic E-state index is 12.8. The first-order valence-electron chi connectivity index (χ1n) is 12.1. The van der Waals surface area contributed by atoms with Crippen LogP contribution in [0.4, 0.5) is 0 Å². The van der Waals surface area contributed by atoms with E-state index in [0.29, 0.717) is 16.7 Å². The normalized spacial score (nSPS) is 12.8. The summed E-state index contributed by atoms with van der Waals surface area (Å²) in [6, 6.07) is 21.1. The largest absolute Gasteiger partial charge is 0.481 e. The third-order valence-electron chi connectivity index (χ3n) is 6.69. The van der Waals surface area contributed by atoms with Crippen molar-refractivity contribution in [2.24, 2.45) is 5.92 Å². The molecule has 3 aromatic carbocycles. The summed E-state index contributed by atoms with van der Waals surface area (Å²) in [6.07, 6.45) is -0.980. The fourth-order valence-electron chi connectivity index (χ4n) is 4.85. The van der Waals surface area contributed by atoms with Crippen molar-refractivity contribution >= 4 is 23.7 Å². The minimum absolute atomic E-state index is 0.0718. The number of aryl methyl sites for hydroxylation is 2. The van der Waals surface area contributed by atoms with Gasteiger partial charge >= 0.3 is 17.9 Å². The van der Waals surface area contributed by atoms with Gasteiger partial charge < -0.3 is 14.6 Å². The molecule has 0 spiro atoms. The average Bonchev–Trinajstić information content (AvgIpc) is 3.19. The third-order valence-corrected chi connectivity index (χ3v) is 6.69. The van der Waals surface area contributed by atoms with Gasteiger partial charge in [-0.05, 0) is 47.2 Å². The minimum atomic E-state index is -1.23. The van der Waals surface area contributed by atoms with E-state index in [0.717, 1.165) is 22.3 Å². The number of benzene rings is 3. The third kappa shape index (κ3) is 5.77. The van der Waals surface area contributed by atoms with Gasteiger partial charge in [0.05, 0.1) is 18.4 Å². The van der Waals surface area contributed by atoms with Crippen molar-refractivity contribution in [3.8, 4) is 11.1 Å². The summed E-state index contributed by atoms with van der Waals surface area (Å²) in [6.45, 7) is 2.97. The van der Waals surface area contributed by atoms with Gasteiger partial charge in [0.1, 0.15) is 6.61 Å². The molecule has 0 amide bonds. The molecule has 0 saturated heterocycles. The van der Waals surface area contributed by atoms with E-state index in [4.69, 9.17) is 9.47 Å². The fourth-order valence-corrected chi connectivity index (χ4v) is 4.85. The van der Waals surface area contributed by atoms with Crippen LogP contribution in [0.25, 0.3) is 11.1 Å². The summed E-state index contributed by atoms with van der Waals surface area (Å²) in [5.41, 5.74) is 6.05. The lowest BCUT2D eigenvalue weighted by molar-refractivity contribution is -0.149. The van der Waals surface area contributed by atoms with Crippen molar-refractivity contribution in [3.05, 3.63) is 94.5 Å². The highest BCUT2D eigenvalue weighted by Crippen LogP contribution is 2.44. The number of carboxylic acids is 1. The molecular formula is C30H28O7. The van der Waals surface area contributed by atoms with E-state index >= 15 is 0 Å². The lowest BCUT2D eigenvalue weighted by Gasteiger charge is -2.17. The van der Waals surface area contributed by atoms with Crippen molar-refractivity contribution in [1.82, 2.24) is 0 Å². The summed E-state index contributed by atoms with van der Waals surface area (Å²) < 4.78 is 10.7. The van der Waals surface area contributed by atoms with E-state index in [-0.39, 0.29) is 12.5 Å². The molecular weight excluding hydrogens is 472 g/mol. The predicted molar refractivity (Wildman–Crippen MR) is 136 cm³/mol. The van der Waals surface area contributed by atoms with Crippen LogP contribution in [0.15, 0.2) is 66.7 Å². The summed E-state index contributed by atoms with van der Waals surface area (Å²) in [5, 5.41) is 9.28. The van der Waals surface area contributed by atoms with Crippen LogP contribution in [0, 0.1) is 19.8 Å². The average molecular weight is 501 g/mol. The van der Waals surface area contributed by atoms with Gasteiger partial charge in [-0.3, -0.25) is 14.4 Å². The highest BCUT2D eigenvalue weighted by molar-refractivity contribution is 5.95. The molecule has 3 aromatic rings. The number of fused-ring (bicyclic) bond motifs is 3. The van der Waals surface area contributed by atoms with Gasteiger partial charge in [0.25, 0.3) is 0 Å². The first-order valence-corrected chi connectivity index (χ1v) is 12.1. The lowest BCUT2D eigenvalue weighted by atomic mass is 9.96. The summed E-state index contributed by atoms with van der Waals surface area (Å²) in [5.74, 6) is -4.54. The van der Waals surface area contributed by atoms with E-state index in [1.807, 2.05) is 54.6 Å². The zero-order valence-electron chi connectivity index (χ0n) is 20.7. The number of hydrogen-bond donors (Lipinski definition) is 1. The second-order valence-electron chi connectivity index (χ2n) is 9.22. The molecule has 0 saturated carbocycles. The van der Waals surface area contributed by atoms with Crippen molar-refractivity contribution in [2.45, 2.75) is 32.6 Å². The molecule has 0 aliphatic heterocycles. The lowest BCUT2D eigenvalue weighted by Crippen LogP contribution is -2.27. The van der Waals surface area contributed by atoms with Crippen molar-refractivity contribution in [1.29, 1.82) is 0 Å². The van der Waals surface area contributed by atoms with Crippen LogP contribution < -0.4 is 0 Å². The van der Waals surface area contributed by atoms with Crippen LogP contribution in [0.5, 0.6) is 0 Å². The SMILES string of the molecule is Cc1cccc(C)c1C(=O)OCC(=O)[C@H](CC(=O)O)CC(=O)OCC1c2ccccc2-c2ccccc21. The van der Waals surface area contributed by atoms with Gasteiger partial charge in [0, 0.05) is 11.8 Å².